The summed E-state index contributed by atoms with van der Waals surface area (Å²) in [5, 5.41) is 0.0953. The van der Waals surface area contributed by atoms with Gasteiger partial charge in [-0.25, -0.2) is 14.4 Å². The van der Waals surface area contributed by atoms with Gasteiger partial charge in [0, 0.05) is 19.5 Å². The van der Waals surface area contributed by atoms with E-state index < -0.39 is 0 Å². The number of likely N-dealkylation sites (tertiary alicyclic amines) is 1. The fraction of sp³-hybridized carbons (Fsp3) is 0.706. The minimum Gasteiger partial charge on any atom is -0.343 e. The van der Waals surface area contributed by atoms with Crippen molar-refractivity contribution in [2.24, 2.45) is 11.8 Å². The van der Waals surface area contributed by atoms with E-state index in [4.69, 9.17) is 11.6 Å². The van der Waals surface area contributed by atoms with E-state index in [1.807, 2.05) is 4.90 Å². The molecule has 126 valence electrons. The summed E-state index contributed by atoms with van der Waals surface area (Å²) in [4.78, 5) is 22.0. The molecule has 1 unspecified atom stereocenters. The van der Waals surface area contributed by atoms with Gasteiger partial charge in [0.15, 0.2) is 5.82 Å². The molecule has 2 atom stereocenters. The predicted molar refractivity (Wildman–Crippen MR) is 86.6 cm³/mol. The number of rotatable bonds is 4. The summed E-state index contributed by atoms with van der Waals surface area (Å²) in [5.41, 5.74) is 0.404. The van der Waals surface area contributed by atoms with Gasteiger partial charge in [-0.1, -0.05) is 12.8 Å². The highest BCUT2D eigenvalue weighted by molar-refractivity contribution is 6.28. The molecule has 1 aromatic rings. The maximum atomic E-state index is 13.8. The number of aromatic nitrogens is 2. The molecule has 1 aliphatic carbocycles. The molecule has 0 N–H and O–H groups in total. The van der Waals surface area contributed by atoms with Crippen LogP contribution in [0.3, 0.4) is 0 Å². The van der Waals surface area contributed by atoms with Crippen molar-refractivity contribution >= 4 is 17.5 Å². The number of hydrogen-bond donors (Lipinski definition) is 0. The van der Waals surface area contributed by atoms with Gasteiger partial charge in [0.25, 0.3) is 0 Å². The normalized spacial score (nSPS) is 24.9. The third-order valence-electron chi connectivity index (χ3n) is 5.08. The van der Waals surface area contributed by atoms with Gasteiger partial charge < -0.3 is 4.90 Å². The number of amides is 1. The summed E-state index contributed by atoms with van der Waals surface area (Å²) in [6.45, 7) is 1.83. The van der Waals surface area contributed by atoms with Gasteiger partial charge in [-0.3, -0.25) is 4.79 Å². The Balaban J connectivity index is 1.55. The smallest absolute Gasteiger partial charge is 0.222 e. The first-order valence-electron chi connectivity index (χ1n) is 8.56. The summed E-state index contributed by atoms with van der Waals surface area (Å²) in [6, 6.07) is 0. The molecule has 1 aliphatic heterocycles. The van der Waals surface area contributed by atoms with Gasteiger partial charge in [0.05, 0.1) is 11.9 Å². The van der Waals surface area contributed by atoms with Crippen LogP contribution in [0, 0.1) is 17.7 Å². The molecule has 1 saturated heterocycles. The van der Waals surface area contributed by atoms with E-state index in [-0.39, 0.29) is 11.1 Å². The third kappa shape index (κ3) is 4.40. The Labute approximate surface area is 141 Å². The van der Waals surface area contributed by atoms with Crippen LogP contribution in [0.25, 0.3) is 0 Å². The van der Waals surface area contributed by atoms with Crippen molar-refractivity contribution in [2.75, 3.05) is 13.1 Å². The lowest BCUT2D eigenvalue weighted by Crippen LogP contribution is -2.31. The van der Waals surface area contributed by atoms with Crippen LogP contribution in [-0.4, -0.2) is 33.9 Å². The Bertz CT molecular complexity index is 563. The molecule has 0 spiro atoms. The molecule has 3 rings (SSSR count). The number of carbonyl (C=O) groups is 1. The topological polar surface area (TPSA) is 46.1 Å². The molecule has 1 saturated carbocycles. The maximum Gasteiger partial charge on any atom is 0.222 e. The summed E-state index contributed by atoms with van der Waals surface area (Å²) in [6.07, 6.45) is 8.87. The van der Waals surface area contributed by atoms with Crippen LogP contribution in [0.2, 0.25) is 5.28 Å². The van der Waals surface area contributed by atoms with E-state index in [1.54, 1.807) is 0 Å². The van der Waals surface area contributed by atoms with Crippen molar-refractivity contribution in [1.82, 2.24) is 14.9 Å². The van der Waals surface area contributed by atoms with E-state index in [0.717, 1.165) is 57.8 Å². The zero-order chi connectivity index (χ0) is 16.2. The van der Waals surface area contributed by atoms with Crippen molar-refractivity contribution in [2.45, 2.75) is 51.4 Å². The molecule has 2 aliphatic rings. The zero-order valence-electron chi connectivity index (χ0n) is 13.3. The van der Waals surface area contributed by atoms with E-state index in [1.165, 1.54) is 0 Å². The van der Waals surface area contributed by atoms with Crippen molar-refractivity contribution in [3.63, 3.8) is 0 Å². The van der Waals surface area contributed by atoms with E-state index in [2.05, 4.69) is 9.97 Å². The van der Waals surface area contributed by atoms with E-state index in [9.17, 15) is 9.18 Å². The molecule has 1 amide bonds. The lowest BCUT2D eigenvalue weighted by Gasteiger charge is -2.29. The third-order valence-corrected chi connectivity index (χ3v) is 5.26. The predicted octanol–water partition coefficient (Wildman–Crippen LogP) is 3.63. The fourth-order valence-corrected chi connectivity index (χ4v) is 4.06. The SMILES string of the molecule is O=C(CC1CCC[C@H](Cc2nc(Cl)ncc2F)C1)N1CCCC1. The summed E-state index contributed by atoms with van der Waals surface area (Å²) in [7, 11) is 0. The van der Waals surface area contributed by atoms with Gasteiger partial charge >= 0.3 is 0 Å². The molecular weight excluding hydrogens is 317 g/mol. The number of hydrogen-bond acceptors (Lipinski definition) is 3. The highest BCUT2D eigenvalue weighted by atomic mass is 35.5. The number of halogens is 2. The molecule has 1 aromatic heterocycles. The van der Waals surface area contributed by atoms with Crippen molar-refractivity contribution in [3.05, 3.63) is 23.0 Å². The minimum atomic E-state index is -0.385. The Hall–Kier alpha value is -1.23. The summed E-state index contributed by atoms with van der Waals surface area (Å²) < 4.78 is 13.8. The van der Waals surface area contributed by atoms with Gasteiger partial charge in [-0.2, -0.15) is 0 Å². The second-order valence-electron chi connectivity index (χ2n) is 6.83. The first-order valence-corrected chi connectivity index (χ1v) is 8.94. The monoisotopic (exact) mass is 339 g/mol. The molecule has 0 radical (unpaired) electrons. The standard InChI is InChI=1S/C17H23ClFN3O/c18-17-20-11-14(19)15(21-17)9-12-4-3-5-13(8-12)10-16(23)22-6-1-2-7-22/h11-13H,1-10H2/t12-,13?/m0/s1. The van der Waals surface area contributed by atoms with Gasteiger partial charge in [-0.15, -0.1) is 0 Å². The Morgan fingerprint density at radius 2 is 2.00 bits per heavy atom. The average molecular weight is 340 g/mol. The lowest BCUT2D eigenvalue weighted by molar-refractivity contribution is -0.131. The highest BCUT2D eigenvalue weighted by Crippen LogP contribution is 2.34. The largest absolute Gasteiger partial charge is 0.343 e. The second-order valence-corrected chi connectivity index (χ2v) is 7.17. The van der Waals surface area contributed by atoms with Gasteiger partial charge in [0.1, 0.15) is 0 Å². The average Bonchev–Trinajstić information content (AvgIpc) is 3.06. The van der Waals surface area contributed by atoms with Crippen LogP contribution in [0.1, 0.15) is 50.6 Å². The van der Waals surface area contributed by atoms with Gasteiger partial charge in [0.2, 0.25) is 11.2 Å². The molecule has 23 heavy (non-hydrogen) atoms. The first kappa shape index (κ1) is 16.6. The molecule has 2 heterocycles. The van der Waals surface area contributed by atoms with Gasteiger partial charge in [-0.05, 0) is 55.5 Å². The highest BCUT2D eigenvalue weighted by Gasteiger charge is 2.27. The summed E-state index contributed by atoms with van der Waals surface area (Å²) in [5.74, 6) is 0.705. The van der Waals surface area contributed by atoms with Crippen LogP contribution in [-0.2, 0) is 11.2 Å². The molecule has 4 nitrogen and oxygen atoms in total. The van der Waals surface area contributed by atoms with Crippen LogP contribution in [0.4, 0.5) is 4.39 Å². The quantitative estimate of drug-likeness (QED) is 0.787. The maximum absolute atomic E-state index is 13.8. The number of nitrogens with zero attached hydrogens (tertiary/aromatic N) is 3. The van der Waals surface area contributed by atoms with Crippen molar-refractivity contribution < 1.29 is 9.18 Å². The molecule has 2 fully saturated rings. The zero-order valence-corrected chi connectivity index (χ0v) is 14.1. The van der Waals surface area contributed by atoms with Crippen molar-refractivity contribution in [1.29, 1.82) is 0 Å². The second kappa shape index (κ2) is 7.56. The van der Waals surface area contributed by atoms with Crippen LogP contribution in [0.15, 0.2) is 6.20 Å². The Morgan fingerprint density at radius 1 is 1.26 bits per heavy atom. The Morgan fingerprint density at radius 3 is 2.78 bits per heavy atom. The molecule has 6 heteroatoms. The minimum absolute atomic E-state index is 0.0953. The Kier molecular flexibility index (Phi) is 5.46. The van der Waals surface area contributed by atoms with Crippen LogP contribution in [0.5, 0.6) is 0 Å². The lowest BCUT2D eigenvalue weighted by atomic mass is 9.78. The van der Waals surface area contributed by atoms with Crippen molar-refractivity contribution in [3.8, 4) is 0 Å². The van der Waals surface area contributed by atoms with E-state index in [0.29, 0.717) is 36.3 Å². The van der Waals surface area contributed by atoms with Crippen LogP contribution >= 0.6 is 11.6 Å². The summed E-state index contributed by atoms with van der Waals surface area (Å²) >= 11 is 5.77. The fourth-order valence-electron chi connectivity index (χ4n) is 3.91. The molecular formula is C17H23ClFN3O. The molecule has 0 bridgehead atoms. The van der Waals surface area contributed by atoms with Crippen LogP contribution < -0.4 is 0 Å². The first-order chi connectivity index (χ1) is 11.1. The number of carbonyl (C=O) groups excluding carboxylic acids is 1. The molecule has 0 aromatic carbocycles. The van der Waals surface area contributed by atoms with E-state index >= 15 is 0 Å².